The van der Waals surface area contributed by atoms with Gasteiger partial charge in [0, 0.05) is 24.3 Å². The van der Waals surface area contributed by atoms with Crippen molar-refractivity contribution in [3.05, 3.63) is 29.6 Å². The molecule has 5 nitrogen and oxygen atoms in total. The van der Waals surface area contributed by atoms with Crippen LogP contribution in [-0.4, -0.2) is 42.3 Å². The number of aliphatic hydroxyl groups excluding tert-OH is 1. The summed E-state index contributed by atoms with van der Waals surface area (Å²) in [5.41, 5.74) is 1.16. The summed E-state index contributed by atoms with van der Waals surface area (Å²) < 4.78 is 13.9. The Morgan fingerprint density at radius 2 is 2.12 bits per heavy atom. The molecule has 26 heavy (non-hydrogen) atoms. The lowest BCUT2D eigenvalue weighted by molar-refractivity contribution is -0.128. The molecule has 0 radical (unpaired) electrons. The van der Waals surface area contributed by atoms with Crippen LogP contribution in [0.5, 0.6) is 0 Å². The van der Waals surface area contributed by atoms with E-state index in [0.717, 1.165) is 50.1 Å². The van der Waals surface area contributed by atoms with Crippen LogP contribution in [0.3, 0.4) is 0 Å². The van der Waals surface area contributed by atoms with Crippen LogP contribution in [0.4, 0.5) is 10.1 Å². The molecule has 0 spiro atoms. The molecule has 6 heteroatoms. The van der Waals surface area contributed by atoms with E-state index in [2.05, 4.69) is 15.5 Å². The van der Waals surface area contributed by atoms with Crippen LogP contribution in [0.2, 0.25) is 0 Å². The summed E-state index contributed by atoms with van der Waals surface area (Å²) in [4.78, 5) is 15.0. The van der Waals surface area contributed by atoms with Crippen LogP contribution in [-0.2, 0) is 4.79 Å². The number of rotatable bonds is 4. The molecule has 2 aliphatic heterocycles. The van der Waals surface area contributed by atoms with Gasteiger partial charge in [-0.1, -0.05) is 0 Å². The van der Waals surface area contributed by atoms with Crippen LogP contribution in [0.25, 0.3) is 0 Å². The van der Waals surface area contributed by atoms with E-state index >= 15 is 0 Å². The number of hydrogen-bond acceptors (Lipinski definition) is 4. The zero-order valence-corrected chi connectivity index (χ0v) is 15.7. The maximum absolute atomic E-state index is 13.9. The van der Waals surface area contributed by atoms with Crippen molar-refractivity contribution in [2.24, 2.45) is 0 Å². The minimum Gasteiger partial charge on any atom is -0.393 e. The van der Waals surface area contributed by atoms with E-state index in [1.807, 2.05) is 13.8 Å². The van der Waals surface area contributed by atoms with Crippen LogP contribution in [0, 0.1) is 5.82 Å². The van der Waals surface area contributed by atoms with Crippen molar-refractivity contribution in [1.29, 1.82) is 0 Å². The highest BCUT2D eigenvalue weighted by Gasteiger charge is 2.35. The average molecular weight is 363 g/mol. The Balaban J connectivity index is 1.76. The number of benzene rings is 1. The SMILES string of the molecule is C[C@@H](NC(=O)[C@]1(C)CCCCN1)c1cc(F)ccc1N1CCC(O)CC1. The normalized spacial score (nSPS) is 25.8. The Hall–Kier alpha value is -1.66. The summed E-state index contributed by atoms with van der Waals surface area (Å²) in [6.45, 7) is 6.16. The molecule has 2 saturated heterocycles. The first-order chi connectivity index (χ1) is 12.4. The Kier molecular flexibility index (Phi) is 5.82. The number of halogens is 1. The van der Waals surface area contributed by atoms with Gasteiger partial charge in [0.25, 0.3) is 0 Å². The molecule has 0 saturated carbocycles. The van der Waals surface area contributed by atoms with Gasteiger partial charge in [-0.3, -0.25) is 4.79 Å². The second-order valence-electron chi connectivity index (χ2n) is 7.83. The molecule has 0 bridgehead atoms. The number of aliphatic hydroxyl groups is 1. The van der Waals surface area contributed by atoms with Gasteiger partial charge >= 0.3 is 0 Å². The van der Waals surface area contributed by atoms with Crippen molar-refractivity contribution in [3.63, 3.8) is 0 Å². The Labute approximate surface area is 155 Å². The van der Waals surface area contributed by atoms with E-state index in [1.165, 1.54) is 12.1 Å². The van der Waals surface area contributed by atoms with Gasteiger partial charge < -0.3 is 20.6 Å². The monoisotopic (exact) mass is 363 g/mol. The minimum atomic E-state index is -0.560. The van der Waals surface area contributed by atoms with E-state index in [1.54, 1.807) is 6.07 Å². The highest BCUT2D eigenvalue weighted by atomic mass is 19.1. The van der Waals surface area contributed by atoms with E-state index in [4.69, 9.17) is 0 Å². The number of anilines is 1. The summed E-state index contributed by atoms with van der Waals surface area (Å²) in [6.07, 6.45) is 4.09. The lowest BCUT2D eigenvalue weighted by Gasteiger charge is -2.36. The second-order valence-corrected chi connectivity index (χ2v) is 7.83. The third-order valence-electron chi connectivity index (χ3n) is 5.73. The van der Waals surface area contributed by atoms with E-state index in [0.29, 0.717) is 12.8 Å². The van der Waals surface area contributed by atoms with E-state index in [-0.39, 0.29) is 23.9 Å². The predicted octanol–water partition coefficient (Wildman–Crippen LogP) is 2.50. The molecule has 0 aromatic heterocycles. The summed E-state index contributed by atoms with van der Waals surface area (Å²) in [5.74, 6) is -0.335. The van der Waals surface area contributed by atoms with Gasteiger partial charge in [0.05, 0.1) is 17.7 Å². The van der Waals surface area contributed by atoms with Gasteiger partial charge in [-0.05, 0) is 70.7 Å². The van der Waals surface area contributed by atoms with Crippen molar-refractivity contribution < 1.29 is 14.3 Å². The maximum atomic E-state index is 13.9. The average Bonchev–Trinajstić information content (AvgIpc) is 2.63. The van der Waals surface area contributed by atoms with Gasteiger partial charge in [-0.25, -0.2) is 4.39 Å². The first kappa shape index (κ1) is 19.1. The third kappa shape index (κ3) is 4.18. The molecule has 1 aromatic carbocycles. The van der Waals surface area contributed by atoms with Crippen molar-refractivity contribution in [2.45, 2.75) is 63.6 Å². The molecule has 1 aromatic rings. The molecule has 3 N–H and O–H groups in total. The first-order valence-electron chi connectivity index (χ1n) is 9.67. The summed E-state index contributed by atoms with van der Waals surface area (Å²) in [7, 11) is 0. The van der Waals surface area contributed by atoms with Crippen molar-refractivity contribution in [3.8, 4) is 0 Å². The Morgan fingerprint density at radius 1 is 1.38 bits per heavy atom. The summed E-state index contributed by atoms with van der Waals surface area (Å²) in [5, 5.41) is 16.1. The molecular weight excluding hydrogens is 333 g/mol. The molecule has 2 fully saturated rings. The molecule has 144 valence electrons. The Morgan fingerprint density at radius 3 is 2.77 bits per heavy atom. The fourth-order valence-electron chi connectivity index (χ4n) is 3.95. The number of hydrogen-bond donors (Lipinski definition) is 3. The first-order valence-corrected chi connectivity index (χ1v) is 9.67. The van der Waals surface area contributed by atoms with Crippen molar-refractivity contribution in [2.75, 3.05) is 24.5 Å². The molecule has 0 unspecified atom stereocenters. The zero-order chi connectivity index (χ0) is 18.7. The van der Waals surface area contributed by atoms with E-state index < -0.39 is 5.54 Å². The van der Waals surface area contributed by atoms with Gasteiger partial charge in [-0.2, -0.15) is 0 Å². The fourth-order valence-corrected chi connectivity index (χ4v) is 3.95. The largest absolute Gasteiger partial charge is 0.393 e. The van der Waals surface area contributed by atoms with E-state index in [9.17, 15) is 14.3 Å². The van der Waals surface area contributed by atoms with Gasteiger partial charge in [0.1, 0.15) is 5.82 Å². The highest BCUT2D eigenvalue weighted by Crippen LogP contribution is 2.30. The molecular formula is C20H30FN3O2. The lowest BCUT2D eigenvalue weighted by Crippen LogP contribution is -2.57. The topological polar surface area (TPSA) is 64.6 Å². The number of nitrogens with one attached hydrogen (secondary N) is 2. The van der Waals surface area contributed by atoms with Gasteiger partial charge in [0.15, 0.2) is 0 Å². The molecule has 0 aliphatic carbocycles. The summed E-state index contributed by atoms with van der Waals surface area (Å²) in [6, 6.07) is 4.47. The molecule has 1 amide bonds. The number of amides is 1. The van der Waals surface area contributed by atoms with Crippen molar-refractivity contribution in [1.82, 2.24) is 10.6 Å². The molecule has 2 aliphatic rings. The Bertz CT molecular complexity index is 638. The number of nitrogens with zero attached hydrogens (tertiary/aromatic N) is 1. The maximum Gasteiger partial charge on any atom is 0.240 e. The lowest BCUT2D eigenvalue weighted by atomic mass is 9.89. The fraction of sp³-hybridized carbons (Fsp3) is 0.650. The molecule has 2 heterocycles. The highest BCUT2D eigenvalue weighted by molar-refractivity contribution is 5.86. The number of carbonyl (C=O) groups is 1. The predicted molar refractivity (Wildman–Crippen MR) is 101 cm³/mol. The third-order valence-corrected chi connectivity index (χ3v) is 5.73. The van der Waals surface area contributed by atoms with Crippen LogP contribution in [0.15, 0.2) is 18.2 Å². The quantitative estimate of drug-likeness (QED) is 0.769. The minimum absolute atomic E-state index is 0.0334. The van der Waals surface area contributed by atoms with Crippen molar-refractivity contribution >= 4 is 11.6 Å². The van der Waals surface area contributed by atoms with Crippen LogP contribution < -0.4 is 15.5 Å². The zero-order valence-electron chi connectivity index (χ0n) is 15.7. The van der Waals surface area contributed by atoms with Crippen LogP contribution in [0.1, 0.15) is 57.6 Å². The van der Waals surface area contributed by atoms with Crippen LogP contribution >= 0.6 is 0 Å². The molecule has 2 atom stereocenters. The summed E-state index contributed by atoms with van der Waals surface area (Å²) >= 11 is 0. The standard InChI is InChI=1S/C20H30FN3O2/c1-14(23-19(26)20(2)9-3-4-10-22-20)17-13-15(21)5-6-18(17)24-11-7-16(25)8-12-24/h5-6,13-14,16,22,25H,3-4,7-12H2,1-2H3,(H,23,26)/t14-,20+/m1/s1. The molecule has 3 rings (SSSR count). The number of carbonyl (C=O) groups excluding carboxylic acids is 1. The second kappa shape index (κ2) is 7.92. The van der Waals surface area contributed by atoms with Gasteiger partial charge in [-0.15, -0.1) is 0 Å². The smallest absolute Gasteiger partial charge is 0.240 e. The number of piperidine rings is 2. The van der Waals surface area contributed by atoms with Gasteiger partial charge in [0.2, 0.25) is 5.91 Å².